The number of hydrogen-bond acceptors (Lipinski definition) is 2. The van der Waals surface area contributed by atoms with E-state index in [-0.39, 0.29) is 5.92 Å². The smallest absolute Gasteiger partial charge is 0.306 e. The van der Waals surface area contributed by atoms with Crippen molar-refractivity contribution in [1.29, 1.82) is 0 Å². The summed E-state index contributed by atoms with van der Waals surface area (Å²) in [7, 11) is 1.59. The van der Waals surface area contributed by atoms with Gasteiger partial charge in [0.25, 0.3) is 0 Å². The zero-order valence-electron chi connectivity index (χ0n) is 10.5. The van der Waals surface area contributed by atoms with Crippen molar-refractivity contribution in [2.45, 2.75) is 25.7 Å². The van der Waals surface area contributed by atoms with E-state index in [9.17, 15) is 4.79 Å². The highest BCUT2D eigenvalue weighted by Gasteiger charge is 2.43. The van der Waals surface area contributed by atoms with Crippen molar-refractivity contribution < 1.29 is 14.6 Å². The van der Waals surface area contributed by atoms with Crippen LogP contribution in [0.1, 0.15) is 31.2 Å². The quantitative estimate of drug-likeness (QED) is 0.888. The summed E-state index contributed by atoms with van der Waals surface area (Å²) in [5.74, 6) is 0.504. The van der Waals surface area contributed by atoms with Gasteiger partial charge in [0.15, 0.2) is 0 Å². The van der Waals surface area contributed by atoms with Crippen molar-refractivity contribution in [2.75, 3.05) is 7.11 Å². The molecular formula is C14H17ClO3. The van der Waals surface area contributed by atoms with Gasteiger partial charge < -0.3 is 9.84 Å². The van der Waals surface area contributed by atoms with Gasteiger partial charge in [0.1, 0.15) is 5.75 Å². The van der Waals surface area contributed by atoms with Gasteiger partial charge in [0, 0.05) is 0 Å². The Labute approximate surface area is 112 Å². The van der Waals surface area contributed by atoms with Crippen LogP contribution in [-0.4, -0.2) is 18.2 Å². The Kier molecular flexibility index (Phi) is 3.81. The van der Waals surface area contributed by atoms with E-state index in [1.165, 1.54) is 0 Å². The molecule has 1 saturated carbocycles. The SMILES string of the molecule is COc1ccc(C(C)CC2CC2C(=O)O)cc1Cl. The maximum absolute atomic E-state index is 10.8. The molecule has 1 aromatic carbocycles. The summed E-state index contributed by atoms with van der Waals surface area (Å²) in [6.45, 7) is 2.11. The summed E-state index contributed by atoms with van der Waals surface area (Å²) in [6.07, 6.45) is 1.71. The standard InChI is InChI=1S/C14H17ClO3/c1-8(5-10-6-11(10)14(16)17)9-3-4-13(18-2)12(15)7-9/h3-4,7-8,10-11H,5-6H2,1-2H3,(H,16,17). The lowest BCUT2D eigenvalue weighted by atomic mass is 9.95. The molecule has 1 aliphatic rings. The normalized spacial score (nSPS) is 23.5. The first-order chi connectivity index (χ1) is 8.52. The molecule has 18 heavy (non-hydrogen) atoms. The van der Waals surface area contributed by atoms with Gasteiger partial charge >= 0.3 is 5.97 Å². The Bertz CT molecular complexity index is 458. The molecule has 0 amide bonds. The molecule has 3 unspecified atom stereocenters. The molecule has 1 fully saturated rings. The summed E-state index contributed by atoms with van der Waals surface area (Å²) < 4.78 is 5.11. The number of carboxylic acids is 1. The molecule has 0 spiro atoms. The van der Waals surface area contributed by atoms with Gasteiger partial charge in [-0.15, -0.1) is 0 Å². The number of rotatable bonds is 5. The van der Waals surface area contributed by atoms with Crippen LogP contribution in [0, 0.1) is 11.8 Å². The summed E-state index contributed by atoms with van der Waals surface area (Å²) in [4.78, 5) is 10.8. The Balaban J connectivity index is 1.99. The van der Waals surface area contributed by atoms with Crippen LogP contribution >= 0.6 is 11.6 Å². The molecule has 98 valence electrons. The second-order valence-electron chi connectivity index (χ2n) is 4.97. The van der Waals surface area contributed by atoms with Crippen LogP contribution in [-0.2, 0) is 4.79 Å². The number of carboxylic acid groups (broad SMARTS) is 1. The first-order valence-electron chi connectivity index (χ1n) is 6.09. The molecule has 0 bridgehead atoms. The molecule has 3 atom stereocenters. The number of methoxy groups -OCH3 is 1. The Hall–Kier alpha value is -1.22. The van der Waals surface area contributed by atoms with Crippen LogP contribution in [0.5, 0.6) is 5.75 Å². The van der Waals surface area contributed by atoms with E-state index in [0.29, 0.717) is 22.6 Å². The van der Waals surface area contributed by atoms with E-state index in [0.717, 1.165) is 18.4 Å². The minimum absolute atomic E-state index is 0.138. The van der Waals surface area contributed by atoms with Gasteiger partial charge in [-0.25, -0.2) is 0 Å². The van der Waals surface area contributed by atoms with Crippen LogP contribution in [0.3, 0.4) is 0 Å². The fraction of sp³-hybridized carbons (Fsp3) is 0.500. The molecule has 0 aromatic heterocycles. The zero-order chi connectivity index (χ0) is 13.3. The molecular weight excluding hydrogens is 252 g/mol. The minimum Gasteiger partial charge on any atom is -0.495 e. The van der Waals surface area contributed by atoms with Gasteiger partial charge in [0.2, 0.25) is 0 Å². The highest BCUT2D eigenvalue weighted by molar-refractivity contribution is 6.32. The van der Waals surface area contributed by atoms with Gasteiger partial charge in [-0.1, -0.05) is 24.6 Å². The second-order valence-corrected chi connectivity index (χ2v) is 5.38. The Morgan fingerprint density at radius 2 is 2.33 bits per heavy atom. The summed E-state index contributed by atoms with van der Waals surface area (Å²) >= 11 is 6.09. The van der Waals surface area contributed by atoms with Gasteiger partial charge in [-0.05, 0) is 42.4 Å². The molecule has 0 saturated heterocycles. The van der Waals surface area contributed by atoms with Crippen LogP contribution in [0.15, 0.2) is 18.2 Å². The van der Waals surface area contributed by atoms with Crippen molar-refractivity contribution >= 4 is 17.6 Å². The van der Waals surface area contributed by atoms with Crippen LogP contribution in [0.4, 0.5) is 0 Å². The predicted molar refractivity (Wildman–Crippen MR) is 70.3 cm³/mol. The maximum atomic E-state index is 10.8. The van der Waals surface area contributed by atoms with Crippen molar-refractivity contribution in [3.63, 3.8) is 0 Å². The third kappa shape index (κ3) is 2.78. The van der Waals surface area contributed by atoms with Gasteiger partial charge in [0.05, 0.1) is 18.1 Å². The van der Waals surface area contributed by atoms with E-state index in [4.69, 9.17) is 21.4 Å². The third-order valence-electron chi connectivity index (χ3n) is 3.64. The van der Waals surface area contributed by atoms with E-state index in [1.807, 2.05) is 18.2 Å². The number of ether oxygens (including phenoxy) is 1. The lowest BCUT2D eigenvalue weighted by molar-refractivity contribution is -0.138. The average molecular weight is 269 g/mol. The number of benzene rings is 1. The van der Waals surface area contributed by atoms with Crippen molar-refractivity contribution in [3.05, 3.63) is 28.8 Å². The minimum atomic E-state index is -0.667. The van der Waals surface area contributed by atoms with E-state index in [1.54, 1.807) is 7.11 Å². The lowest BCUT2D eigenvalue weighted by Gasteiger charge is -2.13. The van der Waals surface area contributed by atoms with Crippen LogP contribution in [0.25, 0.3) is 0 Å². The largest absolute Gasteiger partial charge is 0.495 e. The molecule has 0 heterocycles. The fourth-order valence-electron chi connectivity index (χ4n) is 2.39. The second kappa shape index (κ2) is 5.19. The lowest BCUT2D eigenvalue weighted by Crippen LogP contribution is -2.02. The fourth-order valence-corrected chi connectivity index (χ4v) is 2.66. The van der Waals surface area contributed by atoms with Crippen molar-refractivity contribution in [3.8, 4) is 5.75 Å². The molecule has 1 aliphatic carbocycles. The van der Waals surface area contributed by atoms with E-state index in [2.05, 4.69) is 6.92 Å². The first-order valence-corrected chi connectivity index (χ1v) is 6.47. The molecule has 4 heteroatoms. The summed E-state index contributed by atoms with van der Waals surface area (Å²) in [5, 5.41) is 9.49. The summed E-state index contributed by atoms with van der Waals surface area (Å²) in [5.41, 5.74) is 1.14. The summed E-state index contributed by atoms with van der Waals surface area (Å²) in [6, 6.07) is 5.76. The third-order valence-corrected chi connectivity index (χ3v) is 3.94. The number of carbonyl (C=O) groups is 1. The van der Waals surface area contributed by atoms with E-state index >= 15 is 0 Å². The molecule has 1 N–H and O–H groups in total. The molecule has 2 rings (SSSR count). The van der Waals surface area contributed by atoms with Crippen molar-refractivity contribution in [1.82, 2.24) is 0 Å². The highest BCUT2D eigenvalue weighted by Crippen LogP contribution is 2.45. The Morgan fingerprint density at radius 1 is 1.61 bits per heavy atom. The highest BCUT2D eigenvalue weighted by atomic mass is 35.5. The van der Waals surface area contributed by atoms with Crippen molar-refractivity contribution in [2.24, 2.45) is 11.8 Å². The molecule has 0 radical (unpaired) electrons. The average Bonchev–Trinajstić information content (AvgIpc) is 3.08. The number of aliphatic carboxylic acids is 1. The van der Waals surface area contributed by atoms with Crippen LogP contribution in [0.2, 0.25) is 5.02 Å². The number of halogens is 1. The molecule has 0 aliphatic heterocycles. The zero-order valence-corrected chi connectivity index (χ0v) is 11.3. The predicted octanol–water partition coefficient (Wildman–Crippen LogP) is 3.56. The molecule has 3 nitrogen and oxygen atoms in total. The topological polar surface area (TPSA) is 46.5 Å². The van der Waals surface area contributed by atoms with E-state index < -0.39 is 5.97 Å². The van der Waals surface area contributed by atoms with Gasteiger partial charge in [-0.2, -0.15) is 0 Å². The first kappa shape index (κ1) is 13.2. The number of hydrogen-bond donors (Lipinski definition) is 1. The maximum Gasteiger partial charge on any atom is 0.306 e. The van der Waals surface area contributed by atoms with Crippen LogP contribution < -0.4 is 4.74 Å². The monoisotopic (exact) mass is 268 g/mol. The Morgan fingerprint density at radius 3 is 2.83 bits per heavy atom. The van der Waals surface area contributed by atoms with Gasteiger partial charge in [-0.3, -0.25) is 4.79 Å². The molecule has 1 aromatic rings.